The smallest absolute Gasteiger partial charge is 0.251 e. The summed E-state index contributed by atoms with van der Waals surface area (Å²) in [7, 11) is 1.57. The monoisotopic (exact) mass is 421 g/mol. The van der Waals surface area contributed by atoms with Crippen molar-refractivity contribution in [1.29, 1.82) is 0 Å². The molecule has 1 aromatic rings. The summed E-state index contributed by atoms with van der Waals surface area (Å²) in [6.45, 7) is 5.40. The lowest BCUT2D eigenvalue weighted by Gasteiger charge is -2.33. The Morgan fingerprint density at radius 1 is 1.33 bits per heavy atom. The van der Waals surface area contributed by atoms with Gasteiger partial charge in [-0.1, -0.05) is 0 Å². The Bertz CT molecular complexity index is 620. The molecule has 0 radical (unpaired) electrons. The van der Waals surface area contributed by atoms with Gasteiger partial charge in [0, 0.05) is 37.3 Å². The van der Waals surface area contributed by atoms with Crippen LogP contribution in [0, 0.1) is 0 Å². The van der Waals surface area contributed by atoms with Crippen molar-refractivity contribution in [3.05, 3.63) is 23.8 Å². The van der Waals surface area contributed by atoms with Crippen molar-refractivity contribution < 1.29 is 19.0 Å². The Morgan fingerprint density at radius 3 is 2.81 bits per heavy atom. The second kappa shape index (κ2) is 10.9. The Morgan fingerprint density at radius 2 is 2.11 bits per heavy atom. The third-order valence-electron chi connectivity index (χ3n) is 4.73. The van der Waals surface area contributed by atoms with Crippen LogP contribution in [0.4, 0.5) is 0 Å². The summed E-state index contributed by atoms with van der Waals surface area (Å²) in [6, 6.07) is 5.74. The van der Waals surface area contributed by atoms with Crippen LogP contribution in [-0.2, 0) is 4.74 Å². The maximum Gasteiger partial charge on any atom is 0.251 e. The van der Waals surface area contributed by atoms with E-state index < -0.39 is 0 Å². The van der Waals surface area contributed by atoms with Gasteiger partial charge in [-0.3, -0.25) is 9.69 Å². The molecule has 154 valence electrons. The Kier molecular flexibility index (Phi) is 9.62. The molecule has 2 saturated heterocycles. The maximum absolute atomic E-state index is 12.6. The van der Waals surface area contributed by atoms with Gasteiger partial charge in [-0.2, -0.15) is 0 Å². The number of ether oxygens (including phenoxy) is 3. The minimum Gasteiger partial charge on any atom is -0.493 e. The average molecular weight is 422 g/mol. The van der Waals surface area contributed by atoms with Gasteiger partial charge >= 0.3 is 0 Å². The molecule has 0 saturated carbocycles. The van der Waals surface area contributed by atoms with Crippen molar-refractivity contribution in [2.24, 2.45) is 5.73 Å². The molecule has 3 N–H and O–H groups in total. The van der Waals surface area contributed by atoms with Crippen molar-refractivity contribution in [2.45, 2.75) is 31.5 Å². The number of rotatable bonds is 6. The van der Waals surface area contributed by atoms with Gasteiger partial charge in [0.05, 0.1) is 19.8 Å². The number of carbonyl (C=O) groups is 1. The first kappa shape index (κ1) is 23.8. The molecule has 0 spiro atoms. The molecule has 2 aliphatic rings. The standard InChI is InChI=1S/C18H27N3O4.2ClH/c1-12-9-21-10-14(8-15(21)11-25-12)20-18(22)13-3-4-16(23-2)17(7-13)24-6-5-19;;/h3-4,7,12,14-15H,5-6,8-11,19H2,1-2H3,(H,20,22);2*1H/t12-,14+,15-;;/m0../s1. The average Bonchev–Trinajstić information content (AvgIpc) is 3.00. The Hall–Kier alpha value is -1.25. The molecule has 0 unspecified atom stereocenters. The zero-order valence-corrected chi connectivity index (χ0v) is 17.3. The Balaban J connectivity index is 0.00000182. The van der Waals surface area contributed by atoms with Crippen LogP contribution in [-0.4, -0.2) is 69.0 Å². The van der Waals surface area contributed by atoms with Crippen molar-refractivity contribution in [3.63, 3.8) is 0 Å². The number of morpholine rings is 1. The molecule has 2 aliphatic heterocycles. The largest absolute Gasteiger partial charge is 0.493 e. The number of halogens is 2. The number of nitrogens with zero attached hydrogens (tertiary/aromatic N) is 1. The van der Waals surface area contributed by atoms with E-state index in [2.05, 4.69) is 17.1 Å². The number of fused-ring (bicyclic) bond motifs is 1. The van der Waals surface area contributed by atoms with Gasteiger partial charge in [0.1, 0.15) is 6.61 Å². The highest BCUT2D eigenvalue weighted by atomic mass is 35.5. The van der Waals surface area contributed by atoms with Gasteiger partial charge in [0.25, 0.3) is 5.91 Å². The fourth-order valence-electron chi connectivity index (χ4n) is 3.51. The number of hydrogen-bond donors (Lipinski definition) is 2. The lowest BCUT2D eigenvalue weighted by molar-refractivity contribution is -0.0390. The lowest BCUT2D eigenvalue weighted by atomic mass is 10.1. The molecule has 3 atom stereocenters. The Labute approximate surface area is 172 Å². The molecule has 3 rings (SSSR count). The third-order valence-corrected chi connectivity index (χ3v) is 4.73. The lowest BCUT2D eigenvalue weighted by Crippen LogP contribution is -2.45. The van der Waals surface area contributed by atoms with E-state index in [1.807, 2.05) is 0 Å². The van der Waals surface area contributed by atoms with E-state index in [0.29, 0.717) is 36.3 Å². The molecule has 2 heterocycles. The molecule has 9 heteroatoms. The van der Waals surface area contributed by atoms with E-state index in [-0.39, 0.29) is 42.9 Å². The number of nitrogens with one attached hydrogen (secondary N) is 1. The predicted molar refractivity (Wildman–Crippen MR) is 109 cm³/mol. The number of hydrogen-bond acceptors (Lipinski definition) is 6. The molecule has 27 heavy (non-hydrogen) atoms. The maximum atomic E-state index is 12.6. The van der Waals surface area contributed by atoms with E-state index >= 15 is 0 Å². The van der Waals surface area contributed by atoms with Crippen molar-refractivity contribution in [2.75, 3.05) is 40.0 Å². The second-order valence-electron chi connectivity index (χ2n) is 6.66. The fraction of sp³-hybridized carbons (Fsp3) is 0.611. The van der Waals surface area contributed by atoms with Crippen molar-refractivity contribution in [3.8, 4) is 11.5 Å². The topological polar surface area (TPSA) is 86.0 Å². The summed E-state index contributed by atoms with van der Waals surface area (Å²) < 4.78 is 16.6. The molecule has 0 aromatic heterocycles. The van der Waals surface area contributed by atoms with Gasteiger partial charge in [0.2, 0.25) is 0 Å². The van der Waals surface area contributed by atoms with Crippen molar-refractivity contribution >= 4 is 30.7 Å². The summed E-state index contributed by atoms with van der Waals surface area (Å²) in [6.07, 6.45) is 1.18. The highest BCUT2D eigenvalue weighted by Crippen LogP contribution is 2.28. The summed E-state index contributed by atoms with van der Waals surface area (Å²) >= 11 is 0. The van der Waals surface area contributed by atoms with Crippen LogP contribution in [0.5, 0.6) is 11.5 Å². The summed E-state index contributed by atoms with van der Waals surface area (Å²) in [4.78, 5) is 15.0. The first-order chi connectivity index (χ1) is 12.1. The van der Waals surface area contributed by atoms with E-state index in [1.54, 1.807) is 25.3 Å². The molecule has 0 bridgehead atoms. The molecule has 2 fully saturated rings. The highest BCUT2D eigenvalue weighted by molar-refractivity contribution is 5.95. The van der Waals surface area contributed by atoms with Crippen LogP contribution >= 0.6 is 24.8 Å². The zero-order chi connectivity index (χ0) is 17.8. The second-order valence-corrected chi connectivity index (χ2v) is 6.66. The van der Waals surface area contributed by atoms with Gasteiger partial charge in [-0.05, 0) is 31.5 Å². The van der Waals surface area contributed by atoms with E-state index in [9.17, 15) is 4.79 Å². The predicted octanol–water partition coefficient (Wildman–Crippen LogP) is 1.47. The minimum absolute atomic E-state index is 0. The van der Waals surface area contributed by atoms with Crippen LogP contribution in [0.1, 0.15) is 23.7 Å². The first-order valence-corrected chi connectivity index (χ1v) is 8.78. The van der Waals surface area contributed by atoms with E-state index in [4.69, 9.17) is 19.9 Å². The van der Waals surface area contributed by atoms with Gasteiger partial charge in [-0.15, -0.1) is 24.8 Å². The van der Waals surface area contributed by atoms with E-state index in [0.717, 1.165) is 26.1 Å². The molecule has 7 nitrogen and oxygen atoms in total. The van der Waals surface area contributed by atoms with Crippen LogP contribution in [0.3, 0.4) is 0 Å². The highest BCUT2D eigenvalue weighted by Gasteiger charge is 2.36. The summed E-state index contributed by atoms with van der Waals surface area (Å²) in [5.74, 6) is 1.03. The first-order valence-electron chi connectivity index (χ1n) is 8.78. The van der Waals surface area contributed by atoms with Crippen LogP contribution in [0.15, 0.2) is 18.2 Å². The summed E-state index contributed by atoms with van der Waals surface area (Å²) in [5.41, 5.74) is 6.04. The molecule has 1 amide bonds. The number of benzene rings is 1. The molecule has 0 aliphatic carbocycles. The SMILES string of the molecule is COc1ccc(C(=O)N[C@@H]2C[C@H]3CO[C@@H](C)CN3C2)cc1OCCN.Cl.Cl. The van der Waals surface area contributed by atoms with E-state index in [1.165, 1.54) is 0 Å². The number of carbonyl (C=O) groups excluding carboxylic acids is 1. The minimum atomic E-state index is -0.0981. The van der Waals surface area contributed by atoms with Crippen LogP contribution < -0.4 is 20.5 Å². The number of nitrogens with two attached hydrogens (primary N) is 1. The van der Waals surface area contributed by atoms with Gasteiger partial charge in [0.15, 0.2) is 11.5 Å². The third kappa shape index (κ3) is 5.86. The number of amides is 1. The normalized spacial score (nSPS) is 24.2. The number of methoxy groups -OCH3 is 1. The van der Waals surface area contributed by atoms with Gasteiger partial charge < -0.3 is 25.3 Å². The zero-order valence-electron chi connectivity index (χ0n) is 15.7. The van der Waals surface area contributed by atoms with Gasteiger partial charge in [-0.25, -0.2) is 0 Å². The van der Waals surface area contributed by atoms with Crippen LogP contribution in [0.2, 0.25) is 0 Å². The van der Waals surface area contributed by atoms with Crippen molar-refractivity contribution in [1.82, 2.24) is 10.2 Å². The van der Waals surface area contributed by atoms with Crippen LogP contribution in [0.25, 0.3) is 0 Å². The summed E-state index contributed by atoms with van der Waals surface area (Å²) in [5, 5.41) is 3.13. The molecular weight excluding hydrogens is 393 g/mol. The fourth-order valence-corrected chi connectivity index (χ4v) is 3.51. The molecular formula is C18H29Cl2N3O4. The molecule has 1 aromatic carbocycles. The quantitative estimate of drug-likeness (QED) is 0.722.